The van der Waals surface area contributed by atoms with E-state index in [1.165, 1.54) is 31.9 Å². The molecule has 0 aliphatic rings. The van der Waals surface area contributed by atoms with Crippen molar-refractivity contribution in [1.29, 1.82) is 0 Å². The van der Waals surface area contributed by atoms with Crippen LogP contribution in [0, 0.1) is 0 Å². The Balaban J connectivity index is 3.40. The Kier molecular flexibility index (Phi) is 9.40. The van der Waals surface area contributed by atoms with E-state index in [2.05, 4.69) is 26.2 Å². The Labute approximate surface area is 79.6 Å². The fourth-order valence-corrected chi connectivity index (χ4v) is 5.05. The van der Waals surface area contributed by atoms with Gasteiger partial charge >= 0.3 is 0 Å². The molecule has 1 unspecified atom stereocenters. The summed E-state index contributed by atoms with van der Waals surface area (Å²) in [5.74, 6) is 0. The molecule has 0 fully saturated rings. The van der Waals surface area contributed by atoms with Crippen molar-refractivity contribution in [1.82, 2.24) is 5.32 Å². The monoisotopic (exact) mass is 187 g/mol. The average Bonchev–Trinajstić information content (AvgIpc) is 2.10. The van der Waals surface area contributed by atoms with E-state index in [4.69, 9.17) is 0 Å². The summed E-state index contributed by atoms with van der Waals surface area (Å²) < 4.78 is 0. The third kappa shape index (κ3) is 6.86. The molecule has 0 saturated heterocycles. The molecule has 2 heteroatoms. The molecule has 0 amide bonds. The Morgan fingerprint density at radius 1 is 1.00 bits per heavy atom. The van der Waals surface area contributed by atoms with Crippen LogP contribution in [0.4, 0.5) is 0 Å². The molecule has 0 aromatic carbocycles. The van der Waals surface area contributed by atoms with Crippen molar-refractivity contribution in [3.8, 4) is 0 Å². The lowest BCUT2D eigenvalue weighted by Crippen LogP contribution is -2.19. The molecule has 0 aromatic rings. The minimum absolute atomic E-state index is 0.332. The molecule has 0 rings (SSSR count). The molecule has 0 aromatic heterocycles. The summed E-state index contributed by atoms with van der Waals surface area (Å²) in [6.45, 7) is 5.88. The quantitative estimate of drug-likeness (QED) is 0.576. The van der Waals surface area contributed by atoms with Crippen LogP contribution in [-0.4, -0.2) is 22.4 Å². The molecule has 0 aliphatic carbocycles. The van der Waals surface area contributed by atoms with Gasteiger partial charge in [0.25, 0.3) is 0 Å². The summed E-state index contributed by atoms with van der Waals surface area (Å²) in [5, 5.41) is 3.27. The Hall–Kier alpha value is 0.177. The van der Waals surface area contributed by atoms with Crippen LogP contribution in [-0.2, 0) is 0 Å². The highest BCUT2D eigenvalue weighted by Crippen LogP contribution is 2.11. The van der Waals surface area contributed by atoms with Gasteiger partial charge in [-0.15, -0.1) is 0 Å². The maximum absolute atomic E-state index is 3.27. The van der Waals surface area contributed by atoms with Gasteiger partial charge in [-0.1, -0.05) is 45.2 Å². The van der Waals surface area contributed by atoms with Gasteiger partial charge in [0.1, 0.15) is 0 Å². The molecule has 0 bridgehead atoms. The Morgan fingerprint density at radius 3 is 2.25 bits per heavy atom. The van der Waals surface area contributed by atoms with Gasteiger partial charge in [0.15, 0.2) is 0 Å². The lowest BCUT2D eigenvalue weighted by molar-refractivity contribution is 0.825. The number of nitrogens with one attached hydrogen (secondary N) is 1. The first kappa shape index (κ1) is 12.2. The van der Waals surface area contributed by atoms with Crippen LogP contribution in [0.5, 0.6) is 0 Å². The lowest BCUT2D eigenvalue weighted by Gasteiger charge is -2.13. The molecule has 0 aliphatic heterocycles. The van der Waals surface area contributed by atoms with E-state index in [0.29, 0.717) is 0 Å². The third-order valence-corrected chi connectivity index (χ3v) is 6.19. The number of hydrogen-bond acceptors (Lipinski definition) is 1. The molecule has 12 heavy (non-hydrogen) atoms. The highest BCUT2D eigenvalue weighted by Gasteiger charge is 2.07. The lowest BCUT2D eigenvalue weighted by atomic mass is 10.4. The molecule has 0 spiro atoms. The van der Waals surface area contributed by atoms with Crippen LogP contribution >= 0.6 is 0 Å². The van der Waals surface area contributed by atoms with Crippen LogP contribution < -0.4 is 5.32 Å². The van der Waals surface area contributed by atoms with Crippen molar-refractivity contribution in [3.05, 3.63) is 0 Å². The number of hydrogen-bond donors (Lipinski definition) is 1. The molecule has 0 heterocycles. The van der Waals surface area contributed by atoms with E-state index in [9.17, 15) is 0 Å². The summed E-state index contributed by atoms with van der Waals surface area (Å²) >= 11 is 0. The van der Waals surface area contributed by atoms with Crippen LogP contribution in [0.3, 0.4) is 0 Å². The summed E-state index contributed by atoms with van der Waals surface area (Å²) in [6, 6.07) is 4.64. The molecule has 0 radical (unpaired) electrons. The summed E-state index contributed by atoms with van der Waals surface area (Å²) in [7, 11) is 1.74. The van der Waals surface area contributed by atoms with Crippen molar-refractivity contribution in [2.45, 2.75) is 51.2 Å². The van der Waals surface area contributed by atoms with Gasteiger partial charge in [0, 0.05) is 8.80 Å². The first-order valence-corrected chi connectivity index (χ1v) is 7.94. The van der Waals surface area contributed by atoms with Crippen molar-refractivity contribution in [2.75, 3.05) is 13.6 Å². The minimum atomic E-state index is -0.332. The minimum Gasteiger partial charge on any atom is -0.320 e. The molecule has 1 N–H and O–H groups in total. The van der Waals surface area contributed by atoms with Gasteiger partial charge in [-0.25, -0.2) is 0 Å². The van der Waals surface area contributed by atoms with Gasteiger partial charge in [-0.05, 0) is 19.6 Å². The van der Waals surface area contributed by atoms with Crippen molar-refractivity contribution in [2.24, 2.45) is 0 Å². The highest BCUT2D eigenvalue weighted by atomic mass is 28.3. The van der Waals surface area contributed by atoms with Crippen LogP contribution in [0.2, 0.25) is 18.1 Å². The van der Waals surface area contributed by atoms with Gasteiger partial charge in [0.05, 0.1) is 0 Å². The summed E-state index contributed by atoms with van der Waals surface area (Å²) in [5.41, 5.74) is 0. The zero-order valence-electron chi connectivity index (χ0n) is 9.03. The normalized spacial score (nSPS) is 13.2. The average molecular weight is 187 g/mol. The molecule has 1 nitrogen and oxygen atoms in total. The zero-order chi connectivity index (χ0) is 9.23. The fraction of sp³-hybridized carbons (Fsp3) is 1.00. The van der Waals surface area contributed by atoms with Crippen LogP contribution in [0.25, 0.3) is 0 Å². The van der Waals surface area contributed by atoms with Gasteiger partial charge in [-0.3, -0.25) is 0 Å². The molecular weight excluding hydrogens is 162 g/mol. The molecular formula is C10H25NSi. The van der Waals surface area contributed by atoms with Crippen molar-refractivity contribution >= 4 is 8.80 Å². The van der Waals surface area contributed by atoms with E-state index >= 15 is 0 Å². The maximum Gasteiger partial charge on any atom is 0.0380 e. The predicted octanol–water partition coefficient (Wildman–Crippen LogP) is 2.64. The van der Waals surface area contributed by atoms with Crippen LogP contribution in [0.15, 0.2) is 0 Å². The largest absolute Gasteiger partial charge is 0.320 e. The first-order valence-electron chi connectivity index (χ1n) is 5.49. The van der Waals surface area contributed by atoms with E-state index in [1.807, 2.05) is 0 Å². The topological polar surface area (TPSA) is 12.0 Å². The van der Waals surface area contributed by atoms with Gasteiger partial charge in [-0.2, -0.15) is 0 Å². The zero-order valence-corrected chi connectivity index (χ0v) is 10.2. The number of rotatable bonds is 8. The van der Waals surface area contributed by atoms with Crippen LogP contribution in [0.1, 0.15) is 33.1 Å². The summed E-state index contributed by atoms with van der Waals surface area (Å²) in [4.78, 5) is 0. The Bertz CT molecular complexity index is 77.9. The maximum atomic E-state index is 3.27. The fourth-order valence-electron chi connectivity index (χ4n) is 1.68. The molecule has 0 saturated carbocycles. The Morgan fingerprint density at radius 2 is 1.75 bits per heavy atom. The third-order valence-electron chi connectivity index (χ3n) is 2.47. The van der Waals surface area contributed by atoms with E-state index in [0.717, 1.165) is 0 Å². The standard InChI is InChI=1S/C10H25NSi/c1-4-6-9-12(8-5-2)10-7-11-3/h11-12H,4-10H2,1-3H3. The van der Waals surface area contributed by atoms with E-state index in [-0.39, 0.29) is 8.80 Å². The second-order valence-corrected chi connectivity index (χ2v) is 7.15. The second-order valence-electron chi connectivity index (χ2n) is 3.69. The van der Waals surface area contributed by atoms with Gasteiger partial charge < -0.3 is 5.32 Å². The highest BCUT2D eigenvalue weighted by molar-refractivity contribution is 6.58. The smallest absolute Gasteiger partial charge is 0.0380 e. The second kappa shape index (κ2) is 9.27. The first-order chi connectivity index (χ1) is 5.85. The predicted molar refractivity (Wildman–Crippen MR) is 60.7 cm³/mol. The van der Waals surface area contributed by atoms with Crippen molar-refractivity contribution in [3.63, 3.8) is 0 Å². The molecule has 1 atom stereocenters. The SMILES string of the molecule is CCCC[SiH](CCC)CCNC. The summed E-state index contributed by atoms with van der Waals surface area (Å²) in [6.07, 6.45) is 4.26. The van der Waals surface area contributed by atoms with Gasteiger partial charge in [0.2, 0.25) is 0 Å². The molecule has 74 valence electrons. The number of unbranched alkanes of at least 4 members (excludes halogenated alkanes) is 1. The van der Waals surface area contributed by atoms with E-state index < -0.39 is 0 Å². The van der Waals surface area contributed by atoms with E-state index in [1.54, 1.807) is 12.1 Å². The van der Waals surface area contributed by atoms with Crippen molar-refractivity contribution < 1.29 is 0 Å².